The molecule has 0 aliphatic rings. The van der Waals surface area contributed by atoms with Gasteiger partial charge in [0.15, 0.2) is 0 Å². The molecule has 0 saturated heterocycles. The van der Waals surface area contributed by atoms with E-state index >= 15 is 0 Å². The monoisotopic (exact) mass is 316 g/mol. The minimum Gasteiger partial charge on any atom is -0.305 e. The molecule has 0 amide bonds. The summed E-state index contributed by atoms with van der Waals surface area (Å²) >= 11 is 11.3. The van der Waals surface area contributed by atoms with Crippen LogP contribution < -0.4 is 0 Å². The summed E-state index contributed by atoms with van der Waals surface area (Å²) in [6, 6.07) is 0. The molecule has 0 aliphatic carbocycles. The first kappa shape index (κ1) is 18.5. The zero-order valence-corrected chi connectivity index (χ0v) is 13.6. The van der Waals surface area contributed by atoms with Crippen molar-refractivity contribution >= 4 is 30.8 Å². The highest BCUT2D eigenvalue weighted by molar-refractivity contribution is 7.61. The third-order valence-electron chi connectivity index (χ3n) is 2.37. The van der Waals surface area contributed by atoms with Gasteiger partial charge in [-0.25, -0.2) is 0 Å². The molecular formula is C12H23Cl2O3P. The van der Waals surface area contributed by atoms with Crippen molar-refractivity contribution in [2.45, 2.75) is 52.4 Å². The molecule has 0 saturated carbocycles. The Morgan fingerprint density at radius 3 is 1.83 bits per heavy atom. The highest BCUT2D eigenvalue weighted by atomic mass is 35.5. The van der Waals surface area contributed by atoms with Crippen molar-refractivity contribution in [3.05, 3.63) is 10.3 Å². The number of hydrogen-bond acceptors (Lipinski definition) is 3. The van der Waals surface area contributed by atoms with Crippen LogP contribution in [0.2, 0.25) is 0 Å². The lowest BCUT2D eigenvalue weighted by Gasteiger charge is -2.17. The first-order valence-electron chi connectivity index (χ1n) is 6.46. The van der Waals surface area contributed by atoms with E-state index in [2.05, 4.69) is 13.8 Å². The molecule has 0 rings (SSSR count). The molecule has 18 heavy (non-hydrogen) atoms. The van der Waals surface area contributed by atoms with E-state index in [0.29, 0.717) is 13.2 Å². The molecule has 6 heteroatoms. The Bertz CT molecular complexity index is 266. The second-order valence-corrected chi connectivity index (χ2v) is 6.89. The number of unbranched alkanes of at least 4 members (excludes halogenated alkanes) is 4. The van der Waals surface area contributed by atoms with Crippen LogP contribution in [0.4, 0.5) is 0 Å². The molecule has 0 aromatic rings. The normalized spacial score (nSPS) is 13.0. The van der Waals surface area contributed by atoms with Crippen molar-refractivity contribution in [2.24, 2.45) is 0 Å². The maximum Gasteiger partial charge on any atom is 0.373 e. The number of halogens is 2. The third-order valence-corrected chi connectivity index (χ3v) is 5.28. The molecule has 0 fully saturated rings. The van der Waals surface area contributed by atoms with Crippen molar-refractivity contribution in [2.75, 3.05) is 13.2 Å². The molecule has 108 valence electrons. The molecule has 0 radical (unpaired) electrons. The van der Waals surface area contributed by atoms with Gasteiger partial charge in [0.2, 0.25) is 0 Å². The topological polar surface area (TPSA) is 35.5 Å². The molecule has 0 atom stereocenters. The SMILES string of the molecule is CCCCCOP(=O)(OCCCCC)/C(Cl)=C\Cl. The zero-order chi connectivity index (χ0) is 13.9. The zero-order valence-electron chi connectivity index (χ0n) is 11.2. The molecule has 0 N–H and O–H groups in total. The van der Waals surface area contributed by atoms with Gasteiger partial charge < -0.3 is 9.05 Å². The first-order chi connectivity index (χ1) is 8.60. The van der Waals surface area contributed by atoms with Gasteiger partial charge >= 0.3 is 7.60 Å². The Morgan fingerprint density at radius 2 is 1.50 bits per heavy atom. The van der Waals surface area contributed by atoms with Crippen LogP contribution >= 0.6 is 30.8 Å². The fourth-order valence-electron chi connectivity index (χ4n) is 1.29. The van der Waals surface area contributed by atoms with Crippen LogP contribution in [0.3, 0.4) is 0 Å². The van der Waals surface area contributed by atoms with Crippen LogP contribution in [0.5, 0.6) is 0 Å². The largest absolute Gasteiger partial charge is 0.373 e. The fourth-order valence-corrected chi connectivity index (χ4v) is 3.12. The minimum atomic E-state index is -3.40. The average molecular weight is 317 g/mol. The van der Waals surface area contributed by atoms with Gasteiger partial charge in [-0.05, 0) is 12.8 Å². The van der Waals surface area contributed by atoms with Crippen LogP contribution in [0.25, 0.3) is 0 Å². The van der Waals surface area contributed by atoms with Gasteiger partial charge in [-0.1, -0.05) is 62.7 Å². The molecule has 0 aromatic heterocycles. The van der Waals surface area contributed by atoms with E-state index in [1.54, 1.807) is 0 Å². The van der Waals surface area contributed by atoms with E-state index in [-0.39, 0.29) is 4.77 Å². The first-order valence-corrected chi connectivity index (χ1v) is 8.82. The molecule has 0 aromatic carbocycles. The second-order valence-electron chi connectivity index (χ2n) is 4.01. The summed E-state index contributed by atoms with van der Waals surface area (Å²) in [7, 11) is -3.40. The van der Waals surface area contributed by atoms with Gasteiger partial charge in [-0.3, -0.25) is 4.57 Å². The molecule has 0 bridgehead atoms. The minimum absolute atomic E-state index is 0.0443. The van der Waals surface area contributed by atoms with Crippen LogP contribution in [-0.2, 0) is 13.6 Å². The molecule has 0 spiro atoms. The Hall–Kier alpha value is 0.470. The smallest absolute Gasteiger partial charge is 0.305 e. The van der Waals surface area contributed by atoms with Crippen LogP contribution in [0.1, 0.15) is 52.4 Å². The molecule has 0 aliphatic heterocycles. The fraction of sp³-hybridized carbons (Fsp3) is 0.833. The summed E-state index contributed by atoms with van der Waals surface area (Å²) in [5, 5.41) is 0. The van der Waals surface area contributed by atoms with Gasteiger partial charge in [-0.2, -0.15) is 0 Å². The average Bonchev–Trinajstić information content (AvgIpc) is 2.39. The summed E-state index contributed by atoms with van der Waals surface area (Å²) < 4.78 is 22.9. The highest BCUT2D eigenvalue weighted by Crippen LogP contribution is 2.58. The number of rotatable bonds is 11. The predicted molar refractivity (Wildman–Crippen MR) is 78.3 cm³/mol. The van der Waals surface area contributed by atoms with Crippen LogP contribution in [-0.4, -0.2) is 13.2 Å². The van der Waals surface area contributed by atoms with Gasteiger partial charge in [0, 0.05) is 5.54 Å². The van der Waals surface area contributed by atoms with Crippen molar-refractivity contribution in [1.82, 2.24) is 0 Å². The lowest BCUT2D eigenvalue weighted by Crippen LogP contribution is -2.00. The quantitative estimate of drug-likeness (QED) is 0.353. The van der Waals surface area contributed by atoms with Crippen LogP contribution in [0.15, 0.2) is 10.3 Å². The lowest BCUT2D eigenvalue weighted by molar-refractivity contribution is 0.205. The highest BCUT2D eigenvalue weighted by Gasteiger charge is 2.28. The Labute approximate surface area is 120 Å². The summed E-state index contributed by atoms with van der Waals surface area (Å²) in [6.45, 7) is 4.93. The van der Waals surface area contributed by atoms with Crippen molar-refractivity contribution < 1.29 is 13.6 Å². The molecule has 0 unspecified atom stereocenters. The van der Waals surface area contributed by atoms with E-state index in [1.165, 1.54) is 0 Å². The van der Waals surface area contributed by atoms with Gasteiger partial charge in [-0.15, -0.1) is 0 Å². The third kappa shape index (κ3) is 7.81. The van der Waals surface area contributed by atoms with E-state index < -0.39 is 7.60 Å². The maximum atomic E-state index is 12.3. The Balaban J connectivity index is 4.22. The van der Waals surface area contributed by atoms with E-state index in [1.807, 2.05) is 0 Å². The van der Waals surface area contributed by atoms with Gasteiger partial charge in [0.05, 0.1) is 13.2 Å². The second kappa shape index (κ2) is 11.3. The lowest BCUT2D eigenvalue weighted by atomic mass is 10.3. The van der Waals surface area contributed by atoms with Crippen LogP contribution in [0, 0.1) is 0 Å². The molecule has 0 heterocycles. The summed E-state index contributed by atoms with van der Waals surface area (Å²) in [5.41, 5.74) is 1.06. The number of hydrogen-bond donors (Lipinski definition) is 0. The van der Waals surface area contributed by atoms with E-state index in [0.717, 1.165) is 44.1 Å². The van der Waals surface area contributed by atoms with Gasteiger partial charge in [0.1, 0.15) is 4.77 Å². The van der Waals surface area contributed by atoms with E-state index in [9.17, 15) is 4.57 Å². The Kier molecular flexibility index (Phi) is 11.6. The summed E-state index contributed by atoms with van der Waals surface area (Å²) in [4.78, 5) is 0. The Morgan fingerprint density at radius 1 is 1.06 bits per heavy atom. The van der Waals surface area contributed by atoms with Crippen molar-refractivity contribution in [1.29, 1.82) is 0 Å². The standard InChI is InChI=1S/C12H23Cl2O3P/c1-3-5-7-9-16-18(15,12(14)11-13)17-10-8-6-4-2/h11H,3-10H2,1-2H3/b12-11-. The summed E-state index contributed by atoms with van der Waals surface area (Å²) in [5.74, 6) is 0. The van der Waals surface area contributed by atoms with Crippen molar-refractivity contribution in [3.8, 4) is 0 Å². The summed E-state index contributed by atoms with van der Waals surface area (Å²) in [6.07, 6.45) is 5.88. The van der Waals surface area contributed by atoms with Crippen molar-refractivity contribution in [3.63, 3.8) is 0 Å². The van der Waals surface area contributed by atoms with Gasteiger partial charge in [0.25, 0.3) is 0 Å². The van der Waals surface area contributed by atoms with E-state index in [4.69, 9.17) is 32.2 Å². The predicted octanol–water partition coefficient (Wildman–Crippen LogP) is 5.87. The molecular weight excluding hydrogens is 294 g/mol. The maximum absolute atomic E-state index is 12.3. The molecule has 3 nitrogen and oxygen atoms in total.